The third-order valence-corrected chi connectivity index (χ3v) is 7.08. The largest absolute Gasteiger partial charge is 0.322 e. The number of rotatable bonds is 5. The molecule has 1 N–H and O–H groups in total. The molecule has 3 rings (SSSR count). The van der Waals surface area contributed by atoms with Crippen molar-refractivity contribution in [3.05, 3.63) is 76.6 Å². The summed E-state index contributed by atoms with van der Waals surface area (Å²) in [6.07, 6.45) is 0. The average Bonchev–Trinajstić information content (AvgIpc) is 3.17. The second-order valence-corrected chi connectivity index (χ2v) is 9.00. The lowest BCUT2D eigenvalue weighted by Crippen LogP contribution is -2.25. The highest BCUT2D eigenvalue weighted by Gasteiger charge is 2.22. The molecule has 0 aliphatic rings. The summed E-state index contributed by atoms with van der Waals surface area (Å²) in [6.45, 7) is 0. The summed E-state index contributed by atoms with van der Waals surface area (Å²) in [4.78, 5) is 12.3. The zero-order valence-electron chi connectivity index (χ0n) is 13.7. The number of carbonyl (C=O) groups is 1. The van der Waals surface area contributed by atoms with Crippen LogP contribution in [0.1, 0.15) is 10.4 Å². The first-order valence-electron chi connectivity index (χ1n) is 7.57. The van der Waals surface area contributed by atoms with Crippen LogP contribution in [0.2, 0.25) is 5.02 Å². The number of halogens is 1. The molecule has 0 radical (unpaired) electrons. The molecular weight excluding hydrogens is 392 g/mol. The third-order valence-electron chi connectivity index (χ3n) is 3.69. The Morgan fingerprint density at radius 2 is 1.81 bits per heavy atom. The van der Waals surface area contributed by atoms with Crippen molar-refractivity contribution in [2.75, 3.05) is 16.7 Å². The number of nitrogens with zero attached hydrogens (tertiary/aromatic N) is 1. The molecule has 0 saturated heterocycles. The van der Waals surface area contributed by atoms with Crippen LogP contribution in [0.25, 0.3) is 0 Å². The lowest BCUT2D eigenvalue weighted by Gasteiger charge is -2.18. The molecule has 3 aromatic rings. The number of amides is 1. The van der Waals surface area contributed by atoms with Gasteiger partial charge in [0.05, 0.1) is 5.69 Å². The van der Waals surface area contributed by atoms with Gasteiger partial charge < -0.3 is 5.32 Å². The van der Waals surface area contributed by atoms with E-state index < -0.39 is 10.0 Å². The molecule has 8 heteroatoms. The molecular formula is C18H15ClN2O3S2. The molecule has 1 heterocycles. The maximum Gasteiger partial charge on any atom is 0.273 e. The average molecular weight is 407 g/mol. The predicted octanol–water partition coefficient (Wildman–Crippen LogP) is 4.48. The highest BCUT2D eigenvalue weighted by atomic mass is 35.5. The Balaban J connectivity index is 1.77. The van der Waals surface area contributed by atoms with Crippen molar-refractivity contribution in [3.63, 3.8) is 0 Å². The molecule has 0 bridgehead atoms. The predicted molar refractivity (Wildman–Crippen MR) is 106 cm³/mol. The van der Waals surface area contributed by atoms with Gasteiger partial charge in [0, 0.05) is 23.3 Å². The number of carbonyl (C=O) groups excluding carboxylic acids is 1. The SMILES string of the molecule is CN(c1ccc(C(=O)Nc2cccc(Cl)c2)cc1)S(=O)(=O)c1cccs1. The van der Waals surface area contributed by atoms with Crippen LogP contribution in [0.4, 0.5) is 11.4 Å². The van der Waals surface area contributed by atoms with Crippen LogP contribution in [0.3, 0.4) is 0 Å². The molecule has 2 aromatic carbocycles. The van der Waals surface area contributed by atoms with E-state index >= 15 is 0 Å². The van der Waals surface area contributed by atoms with Gasteiger partial charge in [0.15, 0.2) is 0 Å². The third kappa shape index (κ3) is 3.90. The summed E-state index contributed by atoms with van der Waals surface area (Å²) in [6, 6.07) is 16.4. The molecule has 1 amide bonds. The molecule has 0 saturated carbocycles. The highest BCUT2D eigenvalue weighted by Crippen LogP contribution is 2.25. The molecule has 0 spiro atoms. The number of thiophene rings is 1. The van der Waals surface area contributed by atoms with Gasteiger partial charge in [-0.15, -0.1) is 11.3 Å². The molecule has 0 atom stereocenters. The minimum absolute atomic E-state index is 0.266. The van der Waals surface area contributed by atoms with E-state index in [4.69, 9.17) is 11.6 Å². The molecule has 134 valence electrons. The maximum atomic E-state index is 12.5. The number of hydrogen-bond donors (Lipinski definition) is 1. The minimum atomic E-state index is -3.60. The van der Waals surface area contributed by atoms with Gasteiger partial charge >= 0.3 is 0 Å². The highest BCUT2D eigenvalue weighted by molar-refractivity contribution is 7.94. The first-order valence-corrected chi connectivity index (χ1v) is 10.3. The summed E-state index contributed by atoms with van der Waals surface area (Å²) in [5.74, 6) is -0.303. The first-order chi connectivity index (χ1) is 12.4. The lowest BCUT2D eigenvalue weighted by atomic mass is 10.2. The fourth-order valence-corrected chi connectivity index (χ4v) is 4.82. The van der Waals surface area contributed by atoms with Gasteiger partial charge in [0.1, 0.15) is 4.21 Å². The number of nitrogens with one attached hydrogen (secondary N) is 1. The van der Waals surface area contributed by atoms with Gasteiger partial charge in [0.2, 0.25) is 0 Å². The van der Waals surface area contributed by atoms with Crippen LogP contribution in [0.15, 0.2) is 70.3 Å². The van der Waals surface area contributed by atoms with Crippen LogP contribution in [-0.4, -0.2) is 21.4 Å². The van der Waals surface area contributed by atoms with E-state index in [1.165, 1.54) is 11.4 Å². The standard InChI is InChI=1S/C18H15ClN2O3S2/c1-21(26(23,24)17-6-3-11-25-17)16-9-7-13(8-10-16)18(22)20-15-5-2-4-14(19)12-15/h2-12H,1H3,(H,20,22). The Labute approximate surface area is 160 Å². The van der Waals surface area contributed by atoms with E-state index in [0.717, 1.165) is 11.3 Å². The van der Waals surface area contributed by atoms with E-state index in [-0.39, 0.29) is 10.1 Å². The number of hydrogen-bond acceptors (Lipinski definition) is 4. The quantitative estimate of drug-likeness (QED) is 0.679. The van der Waals surface area contributed by atoms with Crippen molar-refractivity contribution in [1.29, 1.82) is 0 Å². The second kappa shape index (κ2) is 7.49. The van der Waals surface area contributed by atoms with Crippen molar-refractivity contribution in [1.82, 2.24) is 0 Å². The van der Waals surface area contributed by atoms with Crippen LogP contribution >= 0.6 is 22.9 Å². The Hall–Kier alpha value is -2.35. The summed E-state index contributed by atoms with van der Waals surface area (Å²) in [5, 5.41) is 4.99. The van der Waals surface area contributed by atoms with Crippen molar-refractivity contribution >= 4 is 50.2 Å². The van der Waals surface area contributed by atoms with E-state index in [2.05, 4.69) is 5.32 Å². The second-order valence-electron chi connectivity index (χ2n) is 5.42. The van der Waals surface area contributed by atoms with E-state index in [1.807, 2.05) is 0 Å². The monoisotopic (exact) mass is 406 g/mol. The number of sulfonamides is 1. The van der Waals surface area contributed by atoms with Gasteiger partial charge in [-0.2, -0.15) is 0 Å². The summed E-state index contributed by atoms with van der Waals surface area (Å²) in [5.41, 5.74) is 1.47. The fraction of sp³-hybridized carbons (Fsp3) is 0.0556. The maximum absolute atomic E-state index is 12.5. The van der Waals surface area contributed by atoms with E-state index in [1.54, 1.807) is 66.0 Å². The van der Waals surface area contributed by atoms with Crippen LogP contribution in [0, 0.1) is 0 Å². The van der Waals surface area contributed by atoms with E-state index in [9.17, 15) is 13.2 Å². The van der Waals surface area contributed by atoms with Crippen molar-refractivity contribution < 1.29 is 13.2 Å². The van der Waals surface area contributed by atoms with Crippen molar-refractivity contribution in [2.45, 2.75) is 4.21 Å². The molecule has 1 aromatic heterocycles. The Kier molecular flexibility index (Phi) is 5.31. The molecule has 0 unspecified atom stereocenters. The van der Waals surface area contributed by atoms with Crippen molar-refractivity contribution in [3.8, 4) is 0 Å². The minimum Gasteiger partial charge on any atom is -0.322 e. The van der Waals surface area contributed by atoms with Crippen molar-refractivity contribution in [2.24, 2.45) is 0 Å². The molecule has 26 heavy (non-hydrogen) atoms. The Morgan fingerprint density at radius 1 is 1.08 bits per heavy atom. The van der Waals surface area contributed by atoms with Gasteiger partial charge in [-0.25, -0.2) is 8.42 Å². The number of anilines is 2. The van der Waals surface area contributed by atoms with Gasteiger partial charge in [-0.3, -0.25) is 9.10 Å². The van der Waals surface area contributed by atoms with Crippen LogP contribution < -0.4 is 9.62 Å². The Bertz CT molecular complexity index is 1020. The smallest absolute Gasteiger partial charge is 0.273 e. The fourth-order valence-electron chi connectivity index (χ4n) is 2.28. The zero-order chi connectivity index (χ0) is 18.7. The molecule has 0 aliphatic heterocycles. The summed E-state index contributed by atoms with van der Waals surface area (Å²) >= 11 is 7.06. The number of benzene rings is 2. The normalized spacial score (nSPS) is 11.2. The van der Waals surface area contributed by atoms with Crippen LogP contribution in [0.5, 0.6) is 0 Å². The topological polar surface area (TPSA) is 66.5 Å². The summed E-state index contributed by atoms with van der Waals surface area (Å²) in [7, 11) is -2.12. The van der Waals surface area contributed by atoms with E-state index in [0.29, 0.717) is 22.0 Å². The zero-order valence-corrected chi connectivity index (χ0v) is 16.1. The van der Waals surface area contributed by atoms with Gasteiger partial charge in [-0.05, 0) is 53.9 Å². The summed E-state index contributed by atoms with van der Waals surface area (Å²) < 4.78 is 26.5. The molecule has 0 aliphatic carbocycles. The van der Waals surface area contributed by atoms with Gasteiger partial charge in [0.25, 0.3) is 15.9 Å². The first kappa shape index (κ1) is 18.4. The lowest BCUT2D eigenvalue weighted by molar-refractivity contribution is 0.102. The molecule has 0 fully saturated rings. The van der Waals surface area contributed by atoms with Gasteiger partial charge in [-0.1, -0.05) is 23.7 Å². The van der Waals surface area contributed by atoms with Crippen LogP contribution in [-0.2, 0) is 10.0 Å². The molecule has 5 nitrogen and oxygen atoms in total. The Morgan fingerprint density at radius 3 is 2.42 bits per heavy atom.